The Morgan fingerprint density at radius 3 is 3.00 bits per heavy atom. The van der Waals surface area contributed by atoms with Crippen LogP contribution in [0.3, 0.4) is 0 Å². The van der Waals surface area contributed by atoms with Gasteiger partial charge in [-0.3, -0.25) is 5.32 Å². The summed E-state index contributed by atoms with van der Waals surface area (Å²) in [7, 11) is 0. The smallest absolute Gasteiger partial charge is 0.412 e. The molecular formula is C11H14N2O2. The average Bonchev–Trinajstić information content (AvgIpc) is 2.21. The van der Waals surface area contributed by atoms with Crippen molar-refractivity contribution in [3.63, 3.8) is 0 Å². The highest BCUT2D eigenvalue weighted by Crippen LogP contribution is 2.13. The van der Waals surface area contributed by atoms with Crippen LogP contribution in [0.2, 0.25) is 0 Å². The molecule has 0 unspecified atom stereocenters. The van der Waals surface area contributed by atoms with E-state index >= 15 is 0 Å². The molecule has 15 heavy (non-hydrogen) atoms. The molecule has 0 spiro atoms. The van der Waals surface area contributed by atoms with E-state index in [-0.39, 0.29) is 0 Å². The van der Waals surface area contributed by atoms with Crippen LogP contribution in [0.15, 0.2) is 18.8 Å². The topological polar surface area (TPSA) is 51.2 Å². The molecule has 0 aliphatic rings. The Labute approximate surface area is 89.0 Å². The van der Waals surface area contributed by atoms with Crippen molar-refractivity contribution in [3.8, 4) is 0 Å². The Morgan fingerprint density at radius 1 is 1.73 bits per heavy atom. The SMILES string of the molecule is C=Cc1cnc(NC(=O)OCC)c(C)c1. The normalized spacial score (nSPS) is 9.47. The second-order valence-corrected chi connectivity index (χ2v) is 2.98. The molecule has 1 amide bonds. The first-order valence-corrected chi connectivity index (χ1v) is 4.70. The van der Waals surface area contributed by atoms with Crippen LogP contribution in [0, 0.1) is 6.92 Å². The number of hydrogen-bond donors (Lipinski definition) is 1. The number of nitrogens with zero attached hydrogens (tertiary/aromatic N) is 1. The van der Waals surface area contributed by atoms with Crippen LogP contribution in [0.5, 0.6) is 0 Å². The number of ether oxygens (including phenoxy) is 1. The van der Waals surface area contributed by atoms with Crippen molar-refractivity contribution in [2.45, 2.75) is 13.8 Å². The van der Waals surface area contributed by atoms with Crippen LogP contribution in [-0.4, -0.2) is 17.7 Å². The number of pyridine rings is 1. The number of amides is 1. The average molecular weight is 206 g/mol. The summed E-state index contributed by atoms with van der Waals surface area (Å²) in [4.78, 5) is 15.2. The lowest BCUT2D eigenvalue weighted by Crippen LogP contribution is -2.15. The van der Waals surface area contributed by atoms with Gasteiger partial charge in [0.25, 0.3) is 0 Å². The molecule has 0 aliphatic carbocycles. The first-order valence-electron chi connectivity index (χ1n) is 4.70. The van der Waals surface area contributed by atoms with Gasteiger partial charge in [0, 0.05) is 6.20 Å². The van der Waals surface area contributed by atoms with Gasteiger partial charge in [-0.25, -0.2) is 9.78 Å². The molecule has 0 aliphatic heterocycles. The van der Waals surface area contributed by atoms with Gasteiger partial charge in [-0.05, 0) is 31.0 Å². The predicted molar refractivity (Wildman–Crippen MR) is 59.7 cm³/mol. The van der Waals surface area contributed by atoms with Crippen LogP contribution < -0.4 is 5.32 Å². The van der Waals surface area contributed by atoms with Crippen molar-refractivity contribution in [1.82, 2.24) is 4.98 Å². The number of carbonyl (C=O) groups is 1. The van der Waals surface area contributed by atoms with Gasteiger partial charge in [0.15, 0.2) is 0 Å². The number of hydrogen-bond acceptors (Lipinski definition) is 3. The van der Waals surface area contributed by atoms with Crippen LogP contribution in [-0.2, 0) is 4.74 Å². The Morgan fingerprint density at radius 2 is 2.47 bits per heavy atom. The van der Waals surface area contributed by atoms with Crippen molar-refractivity contribution in [2.75, 3.05) is 11.9 Å². The van der Waals surface area contributed by atoms with Crippen LogP contribution in [0.25, 0.3) is 6.08 Å². The quantitative estimate of drug-likeness (QED) is 0.827. The minimum absolute atomic E-state index is 0.343. The Kier molecular flexibility index (Phi) is 3.85. The zero-order valence-corrected chi connectivity index (χ0v) is 8.91. The number of rotatable bonds is 3. The van der Waals surface area contributed by atoms with Gasteiger partial charge in [0.2, 0.25) is 0 Å². The molecule has 4 nitrogen and oxygen atoms in total. The first kappa shape index (κ1) is 11.2. The summed E-state index contributed by atoms with van der Waals surface area (Å²) < 4.78 is 4.75. The van der Waals surface area contributed by atoms with Gasteiger partial charge >= 0.3 is 6.09 Å². The molecular weight excluding hydrogens is 192 g/mol. The minimum Gasteiger partial charge on any atom is -0.450 e. The summed E-state index contributed by atoms with van der Waals surface area (Å²) in [6.45, 7) is 7.60. The zero-order chi connectivity index (χ0) is 11.3. The second-order valence-electron chi connectivity index (χ2n) is 2.98. The molecule has 1 aromatic heterocycles. The standard InChI is InChI=1S/C11H14N2O2/c1-4-9-6-8(3)10(12-7-9)13-11(14)15-5-2/h4,6-7H,1,5H2,2-3H3,(H,12,13,14). The van der Waals surface area contributed by atoms with Crippen molar-refractivity contribution in [3.05, 3.63) is 30.0 Å². The lowest BCUT2D eigenvalue weighted by Gasteiger charge is -2.07. The van der Waals surface area contributed by atoms with Gasteiger partial charge in [0.05, 0.1) is 6.61 Å². The van der Waals surface area contributed by atoms with E-state index in [4.69, 9.17) is 4.74 Å². The fraction of sp³-hybridized carbons (Fsp3) is 0.273. The fourth-order valence-electron chi connectivity index (χ4n) is 1.10. The summed E-state index contributed by atoms with van der Waals surface area (Å²) in [6, 6.07) is 1.89. The molecule has 0 atom stereocenters. The number of aromatic nitrogens is 1. The lowest BCUT2D eigenvalue weighted by atomic mass is 10.2. The first-order chi connectivity index (χ1) is 7.17. The molecule has 4 heteroatoms. The van der Waals surface area contributed by atoms with Gasteiger partial charge in [-0.15, -0.1) is 0 Å². The maximum absolute atomic E-state index is 11.1. The van der Waals surface area contributed by atoms with E-state index in [0.29, 0.717) is 12.4 Å². The summed E-state index contributed by atoms with van der Waals surface area (Å²) in [5.41, 5.74) is 1.79. The molecule has 0 bridgehead atoms. The molecule has 1 heterocycles. The van der Waals surface area contributed by atoms with E-state index in [1.54, 1.807) is 19.2 Å². The van der Waals surface area contributed by atoms with E-state index in [9.17, 15) is 4.79 Å². The second kappa shape index (κ2) is 5.14. The van der Waals surface area contributed by atoms with E-state index in [0.717, 1.165) is 11.1 Å². The van der Waals surface area contributed by atoms with Gasteiger partial charge in [-0.2, -0.15) is 0 Å². The number of carbonyl (C=O) groups excluding carboxylic acids is 1. The van der Waals surface area contributed by atoms with E-state index in [1.165, 1.54) is 0 Å². The Balaban J connectivity index is 2.78. The highest BCUT2D eigenvalue weighted by atomic mass is 16.5. The molecule has 0 fully saturated rings. The molecule has 1 N–H and O–H groups in total. The maximum Gasteiger partial charge on any atom is 0.412 e. The van der Waals surface area contributed by atoms with Crippen molar-refractivity contribution in [2.24, 2.45) is 0 Å². The van der Waals surface area contributed by atoms with Gasteiger partial charge in [-0.1, -0.05) is 12.7 Å². The third-order valence-electron chi connectivity index (χ3n) is 1.83. The largest absolute Gasteiger partial charge is 0.450 e. The number of aryl methyl sites for hydroxylation is 1. The third kappa shape index (κ3) is 3.09. The summed E-state index contributed by atoms with van der Waals surface area (Å²) in [5.74, 6) is 0.513. The molecule has 80 valence electrons. The summed E-state index contributed by atoms with van der Waals surface area (Å²) >= 11 is 0. The molecule has 1 rings (SSSR count). The Hall–Kier alpha value is -1.84. The van der Waals surface area contributed by atoms with Crippen molar-refractivity contribution in [1.29, 1.82) is 0 Å². The van der Waals surface area contributed by atoms with Gasteiger partial charge < -0.3 is 4.74 Å². The van der Waals surface area contributed by atoms with E-state index < -0.39 is 6.09 Å². The lowest BCUT2D eigenvalue weighted by molar-refractivity contribution is 0.168. The highest BCUT2D eigenvalue weighted by molar-refractivity contribution is 5.84. The third-order valence-corrected chi connectivity index (χ3v) is 1.83. The molecule has 0 aromatic carbocycles. The fourth-order valence-corrected chi connectivity index (χ4v) is 1.10. The summed E-state index contributed by atoms with van der Waals surface area (Å²) in [6.07, 6.45) is 2.86. The minimum atomic E-state index is -0.487. The molecule has 0 saturated carbocycles. The number of nitrogens with one attached hydrogen (secondary N) is 1. The van der Waals surface area contributed by atoms with Crippen LogP contribution >= 0.6 is 0 Å². The van der Waals surface area contributed by atoms with Crippen molar-refractivity contribution < 1.29 is 9.53 Å². The monoisotopic (exact) mass is 206 g/mol. The highest BCUT2D eigenvalue weighted by Gasteiger charge is 2.05. The van der Waals surface area contributed by atoms with E-state index in [1.807, 2.05) is 13.0 Å². The van der Waals surface area contributed by atoms with Gasteiger partial charge in [0.1, 0.15) is 5.82 Å². The predicted octanol–water partition coefficient (Wildman–Crippen LogP) is 2.60. The summed E-state index contributed by atoms with van der Waals surface area (Å²) in [5, 5.41) is 2.56. The Bertz CT molecular complexity index is 375. The van der Waals surface area contributed by atoms with E-state index in [2.05, 4.69) is 16.9 Å². The zero-order valence-electron chi connectivity index (χ0n) is 8.91. The molecule has 0 saturated heterocycles. The van der Waals surface area contributed by atoms with Crippen LogP contribution in [0.4, 0.5) is 10.6 Å². The molecule has 1 aromatic rings. The number of anilines is 1. The maximum atomic E-state index is 11.1. The van der Waals surface area contributed by atoms with Crippen molar-refractivity contribution >= 4 is 18.0 Å². The molecule has 0 radical (unpaired) electrons. The van der Waals surface area contributed by atoms with Crippen LogP contribution in [0.1, 0.15) is 18.1 Å².